The fourth-order valence-corrected chi connectivity index (χ4v) is 3.27. The van der Waals surface area contributed by atoms with Gasteiger partial charge in [-0.1, -0.05) is 6.07 Å². The van der Waals surface area contributed by atoms with Gasteiger partial charge in [-0.25, -0.2) is 0 Å². The number of imide groups is 2. The Balaban J connectivity index is 1.60. The van der Waals surface area contributed by atoms with E-state index in [2.05, 4.69) is 5.32 Å². The number of carbonyl (C=O) groups excluding carboxylic acids is 4. The van der Waals surface area contributed by atoms with Gasteiger partial charge in [0.1, 0.15) is 6.04 Å². The molecule has 1 aromatic rings. The number of benzene rings is 1. The Labute approximate surface area is 162 Å². The van der Waals surface area contributed by atoms with Gasteiger partial charge in [-0.15, -0.1) is 0 Å². The van der Waals surface area contributed by atoms with E-state index in [-0.39, 0.29) is 24.0 Å². The van der Waals surface area contributed by atoms with Crippen LogP contribution in [0.2, 0.25) is 0 Å². The first kappa shape index (κ1) is 20.1. The van der Waals surface area contributed by atoms with Crippen molar-refractivity contribution < 1.29 is 28.7 Å². The number of amides is 4. The average molecular weight is 389 g/mol. The molecule has 28 heavy (non-hydrogen) atoms. The first-order valence-corrected chi connectivity index (χ1v) is 9.23. The van der Waals surface area contributed by atoms with Gasteiger partial charge in [-0.3, -0.25) is 29.4 Å². The van der Waals surface area contributed by atoms with E-state index in [9.17, 15) is 19.2 Å². The van der Waals surface area contributed by atoms with E-state index in [1.807, 2.05) is 0 Å². The zero-order valence-corrected chi connectivity index (χ0v) is 15.4. The third-order valence-corrected chi connectivity index (χ3v) is 4.67. The van der Waals surface area contributed by atoms with Gasteiger partial charge in [-0.05, 0) is 30.5 Å². The van der Waals surface area contributed by atoms with Crippen LogP contribution in [-0.2, 0) is 25.5 Å². The maximum Gasteiger partial charge on any atom is 0.262 e. The lowest BCUT2D eigenvalue weighted by molar-refractivity contribution is -0.136. The quantitative estimate of drug-likeness (QED) is 0.435. The third kappa shape index (κ3) is 4.27. The molecule has 2 aliphatic heterocycles. The molecule has 1 fully saturated rings. The van der Waals surface area contributed by atoms with Crippen LogP contribution in [0.25, 0.3) is 0 Å². The van der Waals surface area contributed by atoms with Crippen molar-refractivity contribution in [1.82, 2.24) is 10.2 Å². The van der Waals surface area contributed by atoms with Crippen molar-refractivity contribution in [2.24, 2.45) is 5.73 Å². The highest BCUT2D eigenvalue weighted by atomic mass is 16.5. The van der Waals surface area contributed by atoms with E-state index in [0.717, 1.165) is 10.5 Å². The molecule has 0 aliphatic carbocycles. The molecule has 1 saturated heterocycles. The number of fused-ring (bicyclic) bond motifs is 1. The number of nitrogens with one attached hydrogen (secondary N) is 1. The van der Waals surface area contributed by atoms with Gasteiger partial charge in [0.2, 0.25) is 11.8 Å². The number of hydrogen-bond acceptors (Lipinski definition) is 7. The summed E-state index contributed by atoms with van der Waals surface area (Å²) in [6, 6.07) is 4.08. The first-order chi connectivity index (χ1) is 13.5. The van der Waals surface area contributed by atoms with Crippen LogP contribution in [-0.4, -0.2) is 67.5 Å². The summed E-state index contributed by atoms with van der Waals surface area (Å²) in [4.78, 5) is 49.7. The molecule has 1 aromatic carbocycles. The van der Waals surface area contributed by atoms with E-state index < -0.39 is 29.7 Å². The van der Waals surface area contributed by atoms with Crippen LogP contribution in [0.5, 0.6) is 0 Å². The van der Waals surface area contributed by atoms with Crippen molar-refractivity contribution in [2.75, 3.05) is 33.0 Å². The number of rotatable bonds is 9. The summed E-state index contributed by atoms with van der Waals surface area (Å²) >= 11 is 0. The SMILES string of the molecule is NCCOCCOCCc1ccc2c(c1)C(=O)N(C1CCC(=O)NC1=O)C2=O. The summed E-state index contributed by atoms with van der Waals surface area (Å²) in [6.45, 7) is 2.33. The Kier molecular flexibility index (Phi) is 6.50. The van der Waals surface area contributed by atoms with Gasteiger partial charge in [-0.2, -0.15) is 0 Å². The van der Waals surface area contributed by atoms with Crippen LogP contribution >= 0.6 is 0 Å². The number of nitrogens with two attached hydrogens (primary N) is 1. The Morgan fingerprint density at radius 2 is 1.71 bits per heavy atom. The summed E-state index contributed by atoms with van der Waals surface area (Å²) in [5.74, 6) is -2.02. The Morgan fingerprint density at radius 1 is 1.00 bits per heavy atom. The monoisotopic (exact) mass is 389 g/mol. The summed E-state index contributed by atoms with van der Waals surface area (Å²) in [7, 11) is 0. The highest BCUT2D eigenvalue weighted by Crippen LogP contribution is 2.28. The lowest BCUT2D eigenvalue weighted by Crippen LogP contribution is -2.54. The average Bonchev–Trinajstić information content (AvgIpc) is 2.92. The van der Waals surface area contributed by atoms with Crippen molar-refractivity contribution in [3.8, 4) is 0 Å². The lowest BCUT2D eigenvalue weighted by Gasteiger charge is -2.27. The number of carbonyl (C=O) groups is 4. The van der Waals surface area contributed by atoms with E-state index in [0.29, 0.717) is 39.4 Å². The second kappa shape index (κ2) is 9.05. The Bertz CT molecular complexity index is 794. The summed E-state index contributed by atoms with van der Waals surface area (Å²) in [6.07, 6.45) is 0.814. The Morgan fingerprint density at radius 3 is 2.43 bits per heavy atom. The van der Waals surface area contributed by atoms with Crippen LogP contribution in [0.3, 0.4) is 0 Å². The standard InChI is InChI=1S/C19H23N3O6/c20-6-8-28-10-9-27-7-5-12-1-2-13-14(11-12)19(26)22(18(13)25)15-3-4-16(23)21-17(15)24/h1-2,11,15H,3-10,20H2,(H,21,23,24). The predicted molar refractivity (Wildman–Crippen MR) is 97.5 cm³/mol. The van der Waals surface area contributed by atoms with Gasteiger partial charge in [0.05, 0.1) is 37.6 Å². The molecule has 9 nitrogen and oxygen atoms in total. The van der Waals surface area contributed by atoms with Crippen molar-refractivity contribution in [3.63, 3.8) is 0 Å². The molecule has 1 unspecified atom stereocenters. The molecule has 1 atom stereocenters. The molecule has 2 aliphatic rings. The molecule has 0 spiro atoms. The van der Waals surface area contributed by atoms with Crippen LogP contribution in [0.1, 0.15) is 39.1 Å². The number of hydrogen-bond donors (Lipinski definition) is 2. The lowest BCUT2D eigenvalue weighted by atomic mass is 10.0. The van der Waals surface area contributed by atoms with E-state index in [4.69, 9.17) is 15.2 Å². The zero-order valence-electron chi connectivity index (χ0n) is 15.4. The summed E-state index contributed by atoms with van der Waals surface area (Å²) in [5, 5.41) is 2.18. The zero-order chi connectivity index (χ0) is 20.1. The van der Waals surface area contributed by atoms with Gasteiger partial charge in [0.15, 0.2) is 0 Å². The predicted octanol–water partition coefficient (Wildman–Crippen LogP) is -0.378. The smallest absolute Gasteiger partial charge is 0.262 e. The fourth-order valence-electron chi connectivity index (χ4n) is 3.27. The van der Waals surface area contributed by atoms with Gasteiger partial charge < -0.3 is 15.2 Å². The van der Waals surface area contributed by atoms with Crippen LogP contribution < -0.4 is 11.1 Å². The topological polar surface area (TPSA) is 128 Å². The molecule has 0 saturated carbocycles. The Hall–Kier alpha value is -2.62. The van der Waals surface area contributed by atoms with Crippen molar-refractivity contribution in [2.45, 2.75) is 25.3 Å². The molecular formula is C19H23N3O6. The molecule has 4 amide bonds. The third-order valence-electron chi connectivity index (χ3n) is 4.67. The molecular weight excluding hydrogens is 366 g/mol. The van der Waals surface area contributed by atoms with Gasteiger partial charge in [0.25, 0.3) is 11.8 Å². The molecule has 0 aromatic heterocycles. The van der Waals surface area contributed by atoms with E-state index >= 15 is 0 Å². The number of piperidine rings is 1. The molecule has 3 N–H and O–H groups in total. The molecule has 3 rings (SSSR count). The summed E-state index contributed by atoms with van der Waals surface area (Å²) in [5.41, 5.74) is 6.73. The van der Waals surface area contributed by atoms with Crippen molar-refractivity contribution >= 4 is 23.6 Å². The molecule has 9 heteroatoms. The largest absolute Gasteiger partial charge is 0.379 e. The maximum atomic E-state index is 12.7. The summed E-state index contributed by atoms with van der Waals surface area (Å²) < 4.78 is 10.7. The van der Waals surface area contributed by atoms with Crippen molar-refractivity contribution in [3.05, 3.63) is 34.9 Å². The van der Waals surface area contributed by atoms with Crippen LogP contribution in [0.4, 0.5) is 0 Å². The second-order valence-electron chi connectivity index (χ2n) is 6.59. The molecule has 2 heterocycles. The normalized spacial score (nSPS) is 19.2. The van der Waals surface area contributed by atoms with Crippen molar-refractivity contribution in [1.29, 1.82) is 0 Å². The minimum atomic E-state index is -0.953. The minimum absolute atomic E-state index is 0.0986. The minimum Gasteiger partial charge on any atom is -0.379 e. The molecule has 150 valence electrons. The second-order valence-corrected chi connectivity index (χ2v) is 6.59. The fraction of sp³-hybridized carbons (Fsp3) is 0.474. The van der Waals surface area contributed by atoms with Gasteiger partial charge in [0, 0.05) is 13.0 Å². The van der Waals surface area contributed by atoms with E-state index in [1.165, 1.54) is 0 Å². The number of nitrogens with zero attached hydrogens (tertiary/aromatic N) is 1. The first-order valence-electron chi connectivity index (χ1n) is 9.23. The van der Waals surface area contributed by atoms with Crippen LogP contribution in [0, 0.1) is 0 Å². The van der Waals surface area contributed by atoms with E-state index in [1.54, 1.807) is 18.2 Å². The molecule has 0 bridgehead atoms. The van der Waals surface area contributed by atoms with Crippen LogP contribution in [0.15, 0.2) is 18.2 Å². The van der Waals surface area contributed by atoms with Gasteiger partial charge >= 0.3 is 0 Å². The highest BCUT2D eigenvalue weighted by molar-refractivity contribution is 6.23. The maximum absolute atomic E-state index is 12.7. The number of ether oxygens (including phenoxy) is 2. The highest BCUT2D eigenvalue weighted by Gasteiger charge is 2.44. The molecule has 0 radical (unpaired) electrons.